The van der Waals surface area contributed by atoms with Crippen molar-refractivity contribution < 1.29 is 9.79 Å². The SMILES string of the molecule is Cc1ccc(NC2=[NH+]CC(=O)N2C2CCCC2)cc1C. The van der Waals surface area contributed by atoms with E-state index in [2.05, 4.69) is 42.4 Å². The van der Waals surface area contributed by atoms with Crippen LogP contribution < -0.4 is 10.3 Å². The lowest BCUT2D eigenvalue weighted by molar-refractivity contribution is -0.438. The van der Waals surface area contributed by atoms with Gasteiger partial charge in [-0.2, -0.15) is 4.90 Å². The van der Waals surface area contributed by atoms with E-state index in [0.29, 0.717) is 12.6 Å². The maximum atomic E-state index is 12.1. The average Bonchev–Trinajstić information content (AvgIpc) is 3.04. The Bertz CT molecular complexity index is 559. The predicted octanol–water partition coefficient (Wildman–Crippen LogP) is 0.937. The molecule has 4 nitrogen and oxygen atoms in total. The first-order chi connectivity index (χ1) is 9.65. The molecule has 1 saturated carbocycles. The second-order valence-corrected chi connectivity index (χ2v) is 5.83. The molecule has 1 amide bonds. The van der Waals surface area contributed by atoms with Crippen molar-refractivity contribution in [3.63, 3.8) is 0 Å². The van der Waals surface area contributed by atoms with Gasteiger partial charge in [0.1, 0.15) is 0 Å². The number of hydrogen-bond donors (Lipinski definition) is 2. The van der Waals surface area contributed by atoms with E-state index in [-0.39, 0.29) is 5.91 Å². The molecule has 1 aliphatic heterocycles. The van der Waals surface area contributed by atoms with Crippen molar-refractivity contribution in [2.75, 3.05) is 11.9 Å². The van der Waals surface area contributed by atoms with Crippen molar-refractivity contribution in [2.24, 2.45) is 0 Å². The Labute approximate surface area is 119 Å². The molecule has 1 aromatic carbocycles. The number of hydrogen-bond acceptors (Lipinski definition) is 2. The molecule has 1 heterocycles. The molecule has 1 aromatic rings. The summed E-state index contributed by atoms with van der Waals surface area (Å²) in [7, 11) is 0. The molecule has 0 aromatic heterocycles. The molecule has 0 radical (unpaired) electrons. The molecule has 4 heteroatoms. The van der Waals surface area contributed by atoms with Crippen molar-refractivity contribution >= 4 is 17.6 Å². The number of carbonyl (C=O) groups is 1. The van der Waals surface area contributed by atoms with Gasteiger partial charge in [-0.3, -0.25) is 9.79 Å². The fourth-order valence-corrected chi connectivity index (χ4v) is 3.06. The van der Waals surface area contributed by atoms with Gasteiger partial charge in [0.2, 0.25) is 0 Å². The standard InChI is InChI=1S/C16H21N3O/c1-11-7-8-13(9-12(11)2)18-16-17-10-15(20)19(16)14-5-3-4-6-14/h7-9,14H,3-6,10H2,1-2H3,(H,17,18)/p+1. The van der Waals surface area contributed by atoms with Crippen LogP contribution in [0, 0.1) is 13.8 Å². The van der Waals surface area contributed by atoms with E-state index in [9.17, 15) is 4.79 Å². The third-order valence-corrected chi connectivity index (χ3v) is 4.38. The normalized spacial score (nSPS) is 19.6. The van der Waals surface area contributed by atoms with Crippen molar-refractivity contribution in [3.8, 4) is 0 Å². The third kappa shape index (κ3) is 2.42. The maximum absolute atomic E-state index is 12.1. The van der Waals surface area contributed by atoms with Crippen LogP contribution in [0.2, 0.25) is 0 Å². The van der Waals surface area contributed by atoms with Crippen LogP contribution in [-0.2, 0) is 4.79 Å². The van der Waals surface area contributed by atoms with Crippen molar-refractivity contribution in [3.05, 3.63) is 29.3 Å². The molecule has 0 saturated heterocycles. The number of nitrogens with zero attached hydrogens (tertiary/aromatic N) is 1. The molecule has 3 rings (SSSR count). The smallest absolute Gasteiger partial charge is 0.266 e. The highest BCUT2D eigenvalue weighted by Crippen LogP contribution is 2.24. The van der Waals surface area contributed by atoms with Crippen LogP contribution in [0.25, 0.3) is 0 Å². The molecule has 20 heavy (non-hydrogen) atoms. The zero-order valence-corrected chi connectivity index (χ0v) is 12.2. The summed E-state index contributed by atoms with van der Waals surface area (Å²) in [6, 6.07) is 6.66. The fraction of sp³-hybridized carbons (Fsp3) is 0.500. The quantitative estimate of drug-likeness (QED) is 0.841. The molecule has 1 fully saturated rings. The molecule has 1 aliphatic carbocycles. The first-order valence-corrected chi connectivity index (χ1v) is 7.42. The number of carbonyl (C=O) groups excluding carboxylic acids is 1. The van der Waals surface area contributed by atoms with Crippen LogP contribution in [0.4, 0.5) is 5.69 Å². The van der Waals surface area contributed by atoms with Crippen molar-refractivity contribution in [1.82, 2.24) is 4.90 Å². The topological polar surface area (TPSA) is 46.3 Å². The molecule has 106 valence electrons. The third-order valence-electron chi connectivity index (χ3n) is 4.38. The number of benzene rings is 1. The van der Waals surface area contributed by atoms with Crippen LogP contribution >= 0.6 is 0 Å². The lowest BCUT2D eigenvalue weighted by Gasteiger charge is -2.19. The van der Waals surface area contributed by atoms with Gasteiger partial charge in [0.15, 0.2) is 6.54 Å². The highest BCUT2D eigenvalue weighted by atomic mass is 16.2. The summed E-state index contributed by atoms with van der Waals surface area (Å²) in [5.41, 5.74) is 3.57. The van der Waals surface area contributed by atoms with E-state index in [1.165, 1.54) is 24.0 Å². The minimum atomic E-state index is 0.184. The Kier molecular flexibility index (Phi) is 3.47. The molecular weight excluding hydrogens is 250 g/mol. The molecule has 0 unspecified atom stereocenters. The summed E-state index contributed by atoms with van der Waals surface area (Å²) in [4.78, 5) is 17.2. The summed E-state index contributed by atoms with van der Waals surface area (Å²) in [6.07, 6.45) is 4.69. The van der Waals surface area contributed by atoms with E-state index < -0.39 is 0 Å². The molecular formula is C16H22N3O+. The van der Waals surface area contributed by atoms with Gasteiger partial charge in [0.25, 0.3) is 0 Å². The predicted molar refractivity (Wildman–Crippen MR) is 79.5 cm³/mol. The summed E-state index contributed by atoms with van der Waals surface area (Å²) in [5, 5.41) is 3.38. The Morgan fingerprint density at radius 3 is 2.65 bits per heavy atom. The summed E-state index contributed by atoms with van der Waals surface area (Å²) in [5.74, 6) is 1.04. The van der Waals surface area contributed by atoms with E-state index in [4.69, 9.17) is 0 Å². The van der Waals surface area contributed by atoms with Crippen LogP contribution in [0.3, 0.4) is 0 Å². The van der Waals surface area contributed by atoms with Crippen LogP contribution in [-0.4, -0.2) is 29.4 Å². The monoisotopic (exact) mass is 272 g/mol. The van der Waals surface area contributed by atoms with Gasteiger partial charge in [0, 0.05) is 0 Å². The Morgan fingerprint density at radius 1 is 1.20 bits per heavy atom. The molecule has 0 spiro atoms. The number of guanidine groups is 1. The molecule has 0 atom stereocenters. The van der Waals surface area contributed by atoms with Crippen LogP contribution in [0.15, 0.2) is 18.2 Å². The summed E-state index contributed by atoms with van der Waals surface area (Å²) >= 11 is 0. The van der Waals surface area contributed by atoms with Gasteiger partial charge < -0.3 is 0 Å². The minimum Gasteiger partial charge on any atom is -0.266 e. The lowest BCUT2D eigenvalue weighted by Crippen LogP contribution is -2.73. The summed E-state index contributed by atoms with van der Waals surface area (Å²) < 4.78 is 0. The molecule has 0 bridgehead atoms. The Morgan fingerprint density at radius 2 is 1.95 bits per heavy atom. The number of rotatable bonds is 2. The van der Waals surface area contributed by atoms with Gasteiger partial charge in [0.05, 0.1) is 11.7 Å². The molecule has 2 aliphatic rings. The number of amides is 1. The van der Waals surface area contributed by atoms with Crippen molar-refractivity contribution in [2.45, 2.75) is 45.6 Å². The second-order valence-electron chi connectivity index (χ2n) is 5.83. The van der Waals surface area contributed by atoms with E-state index in [1.807, 2.05) is 4.90 Å². The van der Waals surface area contributed by atoms with E-state index in [0.717, 1.165) is 24.5 Å². The zero-order valence-electron chi connectivity index (χ0n) is 12.2. The highest BCUT2D eigenvalue weighted by molar-refractivity contribution is 6.04. The fourth-order valence-electron chi connectivity index (χ4n) is 3.06. The highest BCUT2D eigenvalue weighted by Gasteiger charge is 2.40. The first kappa shape index (κ1) is 13.2. The molecule has 2 N–H and O–H groups in total. The van der Waals surface area contributed by atoms with Gasteiger partial charge in [-0.05, 0) is 62.8 Å². The largest absolute Gasteiger partial charge is 0.358 e. The number of anilines is 1. The van der Waals surface area contributed by atoms with Crippen molar-refractivity contribution in [1.29, 1.82) is 0 Å². The number of nitrogens with one attached hydrogen (secondary N) is 2. The van der Waals surface area contributed by atoms with Crippen LogP contribution in [0.5, 0.6) is 0 Å². The number of aryl methyl sites for hydroxylation is 2. The first-order valence-electron chi connectivity index (χ1n) is 7.42. The zero-order chi connectivity index (χ0) is 14.1. The minimum absolute atomic E-state index is 0.184. The van der Waals surface area contributed by atoms with E-state index in [1.54, 1.807) is 0 Å². The van der Waals surface area contributed by atoms with Crippen LogP contribution in [0.1, 0.15) is 36.8 Å². The average molecular weight is 272 g/mol. The van der Waals surface area contributed by atoms with Gasteiger partial charge in [-0.25, -0.2) is 5.32 Å². The second kappa shape index (κ2) is 5.27. The van der Waals surface area contributed by atoms with Gasteiger partial charge in [-0.1, -0.05) is 6.07 Å². The Balaban J connectivity index is 1.78. The van der Waals surface area contributed by atoms with E-state index >= 15 is 0 Å². The van der Waals surface area contributed by atoms with Gasteiger partial charge >= 0.3 is 11.9 Å². The summed E-state index contributed by atoms with van der Waals surface area (Å²) in [6.45, 7) is 4.62. The Hall–Kier alpha value is -1.84. The maximum Gasteiger partial charge on any atom is 0.358 e. The van der Waals surface area contributed by atoms with Gasteiger partial charge in [-0.15, -0.1) is 0 Å². The lowest BCUT2D eigenvalue weighted by atomic mass is 10.1.